The Hall–Kier alpha value is -1.75. The number of carbonyl (C=O) groups excluding carboxylic acids is 1. The summed E-state index contributed by atoms with van der Waals surface area (Å²) in [5.41, 5.74) is 2.09. The first-order valence-electron chi connectivity index (χ1n) is 7.10. The topological polar surface area (TPSA) is 56.7 Å². The third-order valence-corrected chi connectivity index (χ3v) is 3.22. The predicted molar refractivity (Wildman–Crippen MR) is 101 cm³/mol. The highest BCUT2D eigenvalue weighted by atomic mass is 127. The summed E-state index contributed by atoms with van der Waals surface area (Å²) in [6, 6.07) is 7.88. The van der Waals surface area contributed by atoms with Gasteiger partial charge in [-0.25, -0.2) is 0 Å². The summed E-state index contributed by atoms with van der Waals surface area (Å²) in [5.74, 6) is 3.32. The van der Waals surface area contributed by atoms with Crippen LogP contribution < -0.4 is 15.5 Å². The van der Waals surface area contributed by atoms with E-state index < -0.39 is 0 Å². The summed E-state index contributed by atoms with van der Waals surface area (Å²) in [6.07, 6.45) is 5.71. The highest BCUT2D eigenvalue weighted by molar-refractivity contribution is 14.0. The van der Waals surface area contributed by atoms with Crippen LogP contribution in [-0.4, -0.2) is 38.0 Å². The van der Waals surface area contributed by atoms with E-state index in [1.54, 1.807) is 4.90 Å². The van der Waals surface area contributed by atoms with Crippen molar-refractivity contribution >= 4 is 41.5 Å². The number of nitrogens with zero attached hydrogens (tertiary/aromatic N) is 2. The minimum Gasteiger partial charge on any atom is -0.357 e. The Morgan fingerprint density at radius 1 is 1.41 bits per heavy atom. The first kappa shape index (κ1) is 18.3. The fourth-order valence-corrected chi connectivity index (χ4v) is 2.30. The Labute approximate surface area is 148 Å². The molecular weight excluding hydrogens is 391 g/mol. The van der Waals surface area contributed by atoms with E-state index in [0.717, 1.165) is 17.8 Å². The molecule has 1 heterocycles. The van der Waals surface area contributed by atoms with Crippen molar-refractivity contribution in [3.05, 3.63) is 29.8 Å². The molecule has 1 aliphatic heterocycles. The number of para-hydroxylation sites is 1. The maximum Gasteiger partial charge on any atom is 0.231 e. The molecule has 1 aliphatic rings. The molecule has 118 valence electrons. The van der Waals surface area contributed by atoms with Gasteiger partial charge in [0.15, 0.2) is 5.96 Å². The lowest BCUT2D eigenvalue weighted by molar-refractivity contribution is -0.117. The van der Waals surface area contributed by atoms with Crippen molar-refractivity contribution in [1.29, 1.82) is 0 Å². The Kier molecular flexibility index (Phi) is 7.74. The van der Waals surface area contributed by atoms with Gasteiger partial charge in [0.05, 0.1) is 19.5 Å². The number of amides is 1. The highest BCUT2D eigenvalue weighted by Crippen LogP contribution is 2.27. The molecule has 0 fully saturated rings. The Balaban J connectivity index is 0.00000242. The second-order valence-corrected chi connectivity index (χ2v) is 4.67. The Bertz CT molecular complexity index is 580. The lowest BCUT2D eigenvalue weighted by Crippen LogP contribution is -2.38. The molecule has 0 radical (unpaired) electrons. The number of benzene rings is 1. The second-order valence-electron chi connectivity index (χ2n) is 4.67. The quantitative estimate of drug-likeness (QED) is 0.333. The number of aliphatic imine (C=N–C) groups is 1. The number of anilines is 1. The highest BCUT2D eigenvalue weighted by Gasteiger charge is 2.25. The molecule has 1 aromatic rings. The van der Waals surface area contributed by atoms with Crippen LogP contribution in [0.1, 0.15) is 12.5 Å². The number of terminal acetylenes is 1. The molecule has 1 aromatic carbocycles. The summed E-state index contributed by atoms with van der Waals surface area (Å²) >= 11 is 0. The number of carbonyl (C=O) groups is 1. The van der Waals surface area contributed by atoms with Crippen molar-refractivity contribution in [3.63, 3.8) is 0 Å². The molecule has 1 amide bonds. The summed E-state index contributed by atoms with van der Waals surface area (Å²) in [5, 5.41) is 6.14. The van der Waals surface area contributed by atoms with Crippen molar-refractivity contribution in [2.75, 3.05) is 31.1 Å². The van der Waals surface area contributed by atoms with Crippen LogP contribution in [0.2, 0.25) is 0 Å². The molecule has 6 heteroatoms. The minimum atomic E-state index is 0. The van der Waals surface area contributed by atoms with Gasteiger partial charge in [-0.1, -0.05) is 24.1 Å². The fraction of sp³-hybridized carbons (Fsp3) is 0.375. The van der Waals surface area contributed by atoms with Gasteiger partial charge in [0, 0.05) is 18.8 Å². The zero-order chi connectivity index (χ0) is 15.1. The lowest BCUT2D eigenvalue weighted by Gasteiger charge is -2.16. The molecule has 0 bridgehead atoms. The third kappa shape index (κ3) is 4.63. The molecule has 0 saturated heterocycles. The standard InChI is InChI=1S/C16H20N4O.HI/c1-3-9-18-16(17-4-2)19-10-11-20-14-8-6-5-7-13(14)12-15(20)21;/h1,5-8H,4,9-12H2,2H3,(H2,17,18,19);1H. The molecule has 0 aliphatic carbocycles. The number of guanidine groups is 1. The van der Waals surface area contributed by atoms with Crippen LogP contribution in [0.15, 0.2) is 29.3 Å². The number of nitrogens with one attached hydrogen (secondary N) is 2. The van der Waals surface area contributed by atoms with Crippen LogP contribution in [0.3, 0.4) is 0 Å². The SMILES string of the molecule is C#CCNC(=NCCN1C(=O)Cc2ccccc21)NCC.I. The molecule has 0 spiro atoms. The van der Waals surface area contributed by atoms with Gasteiger partial charge in [-0.05, 0) is 18.6 Å². The van der Waals surface area contributed by atoms with Crippen LogP contribution >= 0.6 is 24.0 Å². The largest absolute Gasteiger partial charge is 0.357 e. The van der Waals surface area contributed by atoms with Crippen LogP contribution in [-0.2, 0) is 11.2 Å². The first-order chi connectivity index (χ1) is 10.3. The van der Waals surface area contributed by atoms with E-state index in [2.05, 4.69) is 21.5 Å². The average Bonchev–Trinajstić information content (AvgIpc) is 2.81. The molecule has 22 heavy (non-hydrogen) atoms. The second kappa shape index (κ2) is 9.30. The maximum atomic E-state index is 12.0. The van der Waals surface area contributed by atoms with Gasteiger partial charge in [-0.3, -0.25) is 9.79 Å². The van der Waals surface area contributed by atoms with Gasteiger partial charge in [-0.15, -0.1) is 30.4 Å². The lowest BCUT2D eigenvalue weighted by atomic mass is 10.2. The van der Waals surface area contributed by atoms with Crippen LogP contribution in [0.25, 0.3) is 0 Å². The number of hydrogen-bond acceptors (Lipinski definition) is 2. The zero-order valence-corrected chi connectivity index (χ0v) is 15.0. The monoisotopic (exact) mass is 412 g/mol. The molecule has 0 saturated carbocycles. The summed E-state index contributed by atoms with van der Waals surface area (Å²) in [6.45, 7) is 4.29. The van der Waals surface area contributed by atoms with Crippen LogP contribution in [0.5, 0.6) is 0 Å². The molecule has 2 N–H and O–H groups in total. The zero-order valence-electron chi connectivity index (χ0n) is 12.6. The van der Waals surface area contributed by atoms with Crippen molar-refractivity contribution in [2.45, 2.75) is 13.3 Å². The number of fused-ring (bicyclic) bond motifs is 1. The summed E-state index contributed by atoms with van der Waals surface area (Å²) in [4.78, 5) is 18.2. The van der Waals surface area contributed by atoms with Gasteiger partial charge in [0.1, 0.15) is 0 Å². The van der Waals surface area contributed by atoms with Crippen LogP contribution in [0, 0.1) is 12.3 Å². The maximum absolute atomic E-state index is 12.0. The van der Waals surface area contributed by atoms with Crippen molar-refractivity contribution in [2.24, 2.45) is 4.99 Å². The molecule has 5 nitrogen and oxygen atoms in total. The first-order valence-corrected chi connectivity index (χ1v) is 7.10. The van der Waals surface area contributed by atoms with E-state index in [9.17, 15) is 4.79 Å². The predicted octanol–water partition coefficient (Wildman–Crippen LogP) is 1.38. The van der Waals surface area contributed by atoms with Crippen molar-refractivity contribution in [3.8, 4) is 12.3 Å². The Morgan fingerprint density at radius 2 is 2.18 bits per heavy atom. The van der Waals surface area contributed by atoms with E-state index in [-0.39, 0.29) is 29.9 Å². The van der Waals surface area contributed by atoms with Gasteiger partial charge in [-0.2, -0.15) is 0 Å². The van der Waals surface area contributed by atoms with Crippen LogP contribution in [0.4, 0.5) is 5.69 Å². The minimum absolute atomic E-state index is 0. The van der Waals surface area contributed by atoms with Gasteiger partial charge < -0.3 is 15.5 Å². The van der Waals surface area contributed by atoms with Gasteiger partial charge >= 0.3 is 0 Å². The molecule has 0 atom stereocenters. The molecule has 2 rings (SSSR count). The summed E-state index contributed by atoms with van der Waals surface area (Å²) in [7, 11) is 0. The average molecular weight is 412 g/mol. The normalized spacial score (nSPS) is 13.2. The molecule has 0 unspecified atom stereocenters. The number of rotatable bonds is 5. The Morgan fingerprint density at radius 3 is 2.91 bits per heavy atom. The smallest absolute Gasteiger partial charge is 0.231 e. The van der Waals surface area contributed by atoms with Gasteiger partial charge in [0.2, 0.25) is 5.91 Å². The molecule has 0 aromatic heterocycles. The third-order valence-electron chi connectivity index (χ3n) is 3.22. The van der Waals surface area contributed by atoms with Gasteiger partial charge in [0.25, 0.3) is 0 Å². The summed E-state index contributed by atoms with van der Waals surface area (Å²) < 4.78 is 0. The van der Waals surface area contributed by atoms with E-state index in [1.165, 1.54) is 0 Å². The van der Waals surface area contributed by atoms with E-state index in [0.29, 0.717) is 32.0 Å². The van der Waals surface area contributed by atoms with E-state index >= 15 is 0 Å². The van der Waals surface area contributed by atoms with E-state index in [1.807, 2.05) is 31.2 Å². The van der Waals surface area contributed by atoms with Crippen molar-refractivity contribution < 1.29 is 4.79 Å². The van der Waals surface area contributed by atoms with E-state index in [4.69, 9.17) is 6.42 Å². The number of halogens is 1. The van der Waals surface area contributed by atoms with Crippen molar-refractivity contribution in [1.82, 2.24) is 10.6 Å². The fourth-order valence-electron chi connectivity index (χ4n) is 2.30. The molecular formula is C16H21IN4O. The number of hydrogen-bond donors (Lipinski definition) is 2.